The van der Waals surface area contributed by atoms with E-state index >= 15 is 0 Å². The standard InChI is InChI=1S/C22H26N4O/c1-3-15-9-11-16(12-10-15)22(27)23-21-14-18(24-25-21)20-13-17-7-5-6-8-19(17)26(20)4-2/h5-13,18,21,24-25H,3-4,14H2,1-2H3,(H,23,27). The van der Waals surface area contributed by atoms with Crippen LogP contribution in [0.5, 0.6) is 0 Å². The molecular weight excluding hydrogens is 336 g/mol. The van der Waals surface area contributed by atoms with Crippen LogP contribution < -0.4 is 16.2 Å². The number of fused-ring (bicyclic) bond motifs is 1. The highest BCUT2D eigenvalue weighted by Crippen LogP contribution is 2.28. The summed E-state index contributed by atoms with van der Waals surface area (Å²) >= 11 is 0. The number of nitrogens with zero attached hydrogens (tertiary/aromatic N) is 1. The van der Waals surface area contributed by atoms with Crippen LogP contribution in [0.25, 0.3) is 10.9 Å². The molecule has 0 saturated carbocycles. The number of nitrogens with one attached hydrogen (secondary N) is 3. The van der Waals surface area contributed by atoms with Crippen molar-refractivity contribution in [1.82, 2.24) is 20.7 Å². The van der Waals surface area contributed by atoms with Crippen LogP contribution in [0.15, 0.2) is 54.6 Å². The van der Waals surface area contributed by atoms with Crippen molar-refractivity contribution in [3.8, 4) is 0 Å². The predicted octanol–water partition coefficient (Wildman–Crippen LogP) is 3.52. The van der Waals surface area contributed by atoms with Gasteiger partial charge >= 0.3 is 0 Å². The minimum atomic E-state index is -0.100. The van der Waals surface area contributed by atoms with Crippen LogP contribution in [0.1, 0.15) is 47.9 Å². The fourth-order valence-electron chi connectivity index (χ4n) is 3.85. The van der Waals surface area contributed by atoms with Crippen molar-refractivity contribution in [3.63, 3.8) is 0 Å². The number of benzene rings is 2. The van der Waals surface area contributed by atoms with Gasteiger partial charge in [0.05, 0.1) is 12.2 Å². The van der Waals surface area contributed by atoms with E-state index in [4.69, 9.17) is 0 Å². The van der Waals surface area contributed by atoms with Gasteiger partial charge < -0.3 is 9.88 Å². The smallest absolute Gasteiger partial charge is 0.252 e. The van der Waals surface area contributed by atoms with Crippen LogP contribution in [0.4, 0.5) is 0 Å². The zero-order valence-corrected chi connectivity index (χ0v) is 15.8. The summed E-state index contributed by atoms with van der Waals surface area (Å²) in [6.45, 7) is 5.19. The number of hydrazine groups is 1. The summed E-state index contributed by atoms with van der Waals surface area (Å²) in [6.07, 6.45) is 1.68. The minimum Gasteiger partial charge on any atom is -0.343 e. The van der Waals surface area contributed by atoms with E-state index in [1.54, 1.807) is 0 Å². The van der Waals surface area contributed by atoms with E-state index in [0.29, 0.717) is 5.56 Å². The average molecular weight is 362 g/mol. The van der Waals surface area contributed by atoms with Crippen molar-refractivity contribution in [2.45, 2.75) is 45.4 Å². The molecule has 0 aliphatic carbocycles. The Morgan fingerprint density at radius 3 is 2.63 bits per heavy atom. The van der Waals surface area contributed by atoms with E-state index in [0.717, 1.165) is 19.4 Å². The van der Waals surface area contributed by atoms with Gasteiger partial charge in [-0.3, -0.25) is 4.79 Å². The minimum absolute atomic E-state index is 0.0476. The van der Waals surface area contributed by atoms with Gasteiger partial charge in [-0.1, -0.05) is 37.3 Å². The van der Waals surface area contributed by atoms with Crippen LogP contribution >= 0.6 is 0 Å². The quantitative estimate of drug-likeness (QED) is 0.651. The molecule has 27 heavy (non-hydrogen) atoms. The third-order valence-corrected chi connectivity index (χ3v) is 5.35. The number of amides is 1. The Morgan fingerprint density at radius 1 is 1.11 bits per heavy atom. The van der Waals surface area contributed by atoms with Crippen LogP contribution in [-0.2, 0) is 13.0 Å². The molecule has 2 unspecified atom stereocenters. The Hall–Kier alpha value is -2.63. The molecule has 3 N–H and O–H groups in total. The van der Waals surface area contributed by atoms with Gasteiger partial charge in [0.25, 0.3) is 5.91 Å². The monoisotopic (exact) mass is 362 g/mol. The van der Waals surface area contributed by atoms with E-state index in [2.05, 4.69) is 64.9 Å². The number of aryl methyl sites for hydroxylation is 2. The number of rotatable bonds is 5. The molecular formula is C22H26N4O. The van der Waals surface area contributed by atoms with E-state index in [-0.39, 0.29) is 18.1 Å². The van der Waals surface area contributed by atoms with Gasteiger partial charge in [0.2, 0.25) is 0 Å². The predicted molar refractivity (Wildman–Crippen MR) is 108 cm³/mol. The molecule has 1 saturated heterocycles. The molecule has 5 heteroatoms. The summed E-state index contributed by atoms with van der Waals surface area (Å²) in [7, 11) is 0. The van der Waals surface area contributed by atoms with Crippen LogP contribution in [0, 0.1) is 0 Å². The number of hydrogen-bond donors (Lipinski definition) is 3. The summed E-state index contributed by atoms with van der Waals surface area (Å²) < 4.78 is 2.34. The lowest BCUT2D eigenvalue weighted by Crippen LogP contribution is -2.44. The normalized spacial score (nSPS) is 19.5. The first-order chi connectivity index (χ1) is 13.2. The Morgan fingerprint density at radius 2 is 1.89 bits per heavy atom. The fourth-order valence-corrected chi connectivity index (χ4v) is 3.85. The lowest BCUT2D eigenvalue weighted by molar-refractivity contribution is 0.0932. The van der Waals surface area contributed by atoms with Gasteiger partial charge in [0.1, 0.15) is 0 Å². The molecule has 0 bridgehead atoms. The first-order valence-electron chi connectivity index (χ1n) is 9.68. The Kier molecular flexibility index (Phi) is 4.97. The Labute approximate surface area is 159 Å². The molecule has 4 rings (SSSR count). The average Bonchev–Trinajstić information content (AvgIpc) is 3.31. The van der Waals surface area contributed by atoms with Gasteiger partial charge in [-0.05, 0) is 48.6 Å². The molecule has 1 aliphatic heterocycles. The van der Waals surface area contributed by atoms with E-state index < -0.39 is 0 Å². The second-order valence-electron chi connectivity index (χ2n) is 7.03. The van der Waals surface area contributed by atoms with Crippen molar-refractivity contribution < 1.29 is 4.79 Å². The van der Waals surface area contributed by atoms with E-state index in [1.807, 2.05) is 24.3 Å². The molecule has 3 aromatic rings. The SMILES string of the molecule is CCc1ccc(C(=O)NC2CC(c3cc4ccccc4n3CC)NN2)cc1. The molecule has 0 radical (unpaired) electrons. The molecule has 2 atom stereocenters. The molecule has 1 fully saturated rings. The second kappa shape index (κ2) is 7.55. The molecule has 1 amide bonds. The lowest BCUT2D eigenvalue weighted by Gasteiger charge is -2.14. The summed E-state index contributed by atoms with van der Waals surface area (Å²) in [5.41, 5.74) is 11.0. The van der Waals surface area contributed by atoms with Crippen molar-refractivity contribution >= 4 is 16.8 Å². The molecule has 2 heterocycles. The highest BCUT2D eigenvalue weighted by atomic mass is 16.1. The number of carbonyl (C=O) groups excluding carboxylic acids is 1. The molecule has 1 aliphatic rings. The zero-order valence-electron chi connectivity index (χ0n) is 15.8. The van der Waals surface area contributed by atoms with Crippen molar-refractivity contribution in [2.75, 3.05) is 0 Å². The Balaban J connectivity index is 1.46. The first-order valence-corrected chi connectivity index (χ1v) is 9.68. The number of aromatic nitrogens is 1. The maximum absolute atomic E-state index is 12.5. The zero-order chi connectivity index (χ0) is 18.8. The van der Waals surface area contributed by atoms with Crippen LogP contribution in [-0.4, -0.2) is 16.6 Å². The summed E-state index contributed by atoms with van der Waals surface area (Å²) in [4.78, 5) is 12.5. The number of para-hydroxylation sites is 1. The van der Waals surface area contributed by atoms with Crippen LogP contribution in [0.3, 0.4) is 0 Å². The lowest BCUT2D eigenvalue weighted by atomic mass is 10.1. The van der Waals surface area contributed by atoms with Crippen molar-refractivity contribution in [3.05, 3.63) is 71.4 Å². The fraction of sp³-hybridized carbons (Fsp3) is 0.318. The maximum atomic E-state index is 12.5. The molecule has 0 spiro atoms. The number of hydrogen-bond acceptors (Lipinski definition) is 3. The highest BCUT2D eigenvalue weighted by molar-refractivity contribution is 5.94. The van der Waals surface area contributed by atoms with E-state index in [1.165, 1.54) is 22.2 Å². The largest absolute Gasteiger partial charge is 0.343 e. The van der Waals surface area contributed by atoms with Crippen LogP contribution in [0.2, 0.25) is 0 Å². The topological polar surface area (TPSA) is 58.1 Å². The summed E-state index contributed by atoms with van der Waals surface area (Å²) in [5.74, 6) is -0.0476. The van der Waals surface area contributed by atoms with E-state index in [9.17, 15) is 4.79 Å². The molecule has 140 valence electrons. The van der Waals surface area contributed by atoms with Gasteiger partial charge in [-0.15, -0.1) is 0 Å². The van der Waals surface area contributed by atoms with Crippen molar-refractivity contribution in [1.29, 1.82) is 0 Å². The summed E-state index contributed by atoms with van der Waals surface area (Å²) in [5, 5.41) is 4.33. The Bertz CT molecular complexity index is 945. The first kappa shape index (κ1) is 17.8. The molecule has 5 nitrogen and oxygen atoms in total. The second-order valence-corrected chi connectivity index (χ2v) is 7.03. The maximum Gasteiger partial charge on any atom is 0.252 e. The van der Waals surface area contributed by atoms with Gasteiger partial charge in [-0.2, -0.15) is 0 Å². The van der Waals surface area contributed by atoms with Gasteiger partial charge in [0, 0.05) is 29.7 Å². The third kappa shape index (κ3) is 3.48. The van der Waals surface area contributed by atoms with Gasteiger partial charge in [0.15, 0.2) is 0 Å². The highest BCUT2D eigenvalue weighted by Gasteiger charge is 2.28. The molecule has 1 aromatic heterocycles. The number of carbonyl (C=O) groups is 1. The summed E-state index contributed by atoms with van der Waals surface area (Å²) in [6, 6.07) is 18.7. The van der Waals surface area contributed by atoms with Gasteiger partial charge in [-0.25, -0.2) is 10.9 Å². The molecule has 2 aromatic carbocycles. The van der Waals surface area contributed by atoms with Crippen molar-refractivity contribution in [2.24, 2.45) is 0 Å². The third-order valence-electron chi connectivity index (χ3n) is 5.35.